The molecule has 6 heteroatoms. The topological polar surface area (TPSA) is 67.8 Å². The van der Waals surface area contributed by atoms with E-state index in [1.54, 1.807) is 20.3 Å². The molecule has 1 aromatic carbocycles. The molecule has 2 N–H and O–H groups in total. The summed E-state index contributed by atoms with van der Waals surface area (Å²) in [6.45, 7) is 4.17. The van der Waals surface area contributed by atoms with Gasteiger partial charge in [-0.15, -0.1) is 0 Å². The van der Waals surface area contributed by atoms with Crippen LogP contribution in [0.25, 0.3) is 0 Å². The van der Waals surface area contributed by atoms with Crippen LogP contribution in [0.3, 0.4) is 0 Å². The average Bonchev–Trinajstić information content (AvgIpc) is 2.39. The maximum Gasteiger partial charge on any atom is 0.320 e. The van der Waals surface area contributed by atoms with Crippen molar-refractivity contribution in [3.63, 3.8) is 0 Å². The fourth-order valence-corrected chi connectivity index (χ4v) is 2.32. The van der Waals surface area contributed by atoms with Crippen molar-refractivity contribution in [1.29, 1.82) is 0 Å². The van der Waals surface area contributed by atoms with E-state index < -0.39 is 12.0 Å². The summed E-state index contributed by atoms with van der Waals surface area (Å²) in [5.41, 5.74) is 0.912. The van der Waals surface area contributed by atoms with Gasteiger partial charge in [0.15, 0.2) is 11.5 Å². The molecule has 0 spiro atoms. The molecule has 0 unspecified atom stereocenters. The van der Waals surface area contributed by atoms with E-state index >= 15 is 0 Å². The van der Waals surface area contributed by atoms with Crippen LogP contribution in [-0.4, -0.2) is 31.3 Å². The van der Waals surface area contributed by atoms with E-state index in [-0.39, 0.29) is 5.92 Å². The molecule has 0 bridgehead atoms. The minimum atomic E-state index is -0.850. The molecule has 0 aliphatic heterocycles. The first-order chi connectivity index (χ1) is 9.40. The molecule has 0 heterocycles. The lowest BCUT2D eigenvalue weighted by Crippen LogP contribution is -2.40. The van der Waals surface area contributed by atoms with E-state index in [9.17, 15) is 4.79 Å². The average molecular weight is 346 g/mol. The van der Waals surface area contributed by atoms with E-state index in [0.29, 0.717) is 18.0 Å². The second kappa shape index (κ2) is 7.50. The normalized spacial score (nSPS) is 12.3. The lowest BCUT2D eigenvalue weighted by Gasteiger charge is -2.19. The van der Waals surface area contributed by atoms with Crippen molar-refractivity contribution in [1.82, 2.24) is 5.32 Å². The number of hydrogen-bond acceptors (Lipinski definition) is 4. The van der Waals surface area contributed by atoms with Gasteiger partial charge in [-0.25, -0.2) is 0 Å². The summed E-state index contributed by atoms with van der Waals surface area (Å²) in [5.74, 6) is 0.397. The lowest BCUT2D eigenvalue weighted by atomic mass is 10.0. The maximum atomic E-state index is 11.2. The molecule has 0 saturated carbocycles. The summed E-state index contributed by atoms with van der Waals surface area (Å²) in [7, 11) is 3.14. The Kier molecular flexibility index (Phi) is 6.29. The number of carboxylic acid groups (broad SMARTS) is 1. The zero-order chi connectivity index (χ0) is 15.3. The van der Waals surface area contributed by atoms with Crippen molar-refractivity contribution in [3.8, 4) is 11.5 Å². The Bertz CT molecular complexity index is 476. The first-order valence-corrected chi connectivity index (χ1v) is 7.06. The van der Waals surface area contributed by atoms with E-state index in [0.717, 1.165) is 10.0 Å². The largest absolute Gasteiger partial charge is 0.493 e. The van der Waals surface area contributed by atoms with Crippen molar-refractivity contribution in [2.24, 2.45) is 5.92 Å². The molecule has 1 atom stereocenters. The predicted molar refractivity (Wildman–Crippen MR) is 80.3 cm³/mol. The number of carboxylic acids is 1. The van der Waals surface area contributed by atoms with Gasteiger partial charge in [0.1, 0.15) is 6.04 Å². The highest BCUT2D eigenvalue weighted by molar-refractivity contribution is 9.10. The van der Waals surface area contributed by atoms with Crippen LogP contribution in [0.15, 0.2) is 16.6 Å². The number of methoxy groups -OCH3 is 2. The number of aliphatic carboxylic acids is 1. The summed E-state index contributed by atoms with van der Waals surface area (Å²) < 4.78 is 11.3. The zero-order valence-corrected chi connectivity index (χ0v) is 13.7. The van der Waals surface area contributed by atoms with Gasteiger partial charge in [-0.05, 0) is 23.6 Å². The van der Waals surface area contributed by atoms with Gasteiger partial charge in [0.05, 0.1) is 14.2 Å². The Morgan fingerprint density at radius 1 is 1.30 bits per heavy atom. The molecule has 0 saturated heterocycles. The number of ether oxygens (including phenoxy) is 2. The maximum absolute atomic E-state index is 11.2. The molecule has 0 amide bonds. The van der Waals surface area contributed by atoms with Crippen molar-refractivity contribution in [3.05, 3.63) is 22.2 Å². The van der Waals surface area contributed by atoms with Gasteiger partial charge >= 0.3 is 5.97 Å². The van der Waals surface area contributed by atoms with Gasteiger partial charge in [0.2, 0.25) is 0 Å². The van der Waals surface area contributed by atoms with Crippen LogP contribution in [0.5, 0.6) is 11.5 Å². The number of carbonyl (C=O) groups is 1. The zero-order valence-electron chi connectivity index (χ0n) is 12.1. The second-order valence-electron chi connectivity index (χ2n) is 4.74. The Balaban J connectivity index is 2.90. The highest BCUT2D eigenvalue weighted by Crippen LogP contribution is 2.33. The predicted octanol–water partition coefficient (Wildman–Crippen LogP) is 2.67. The number of rotatable bonds is 7. The molecular weight excluding hydrogens is 326 g/mol. The first kappa shape index (κ1) is 16.8. The molecule has 5 nitrogen and oxygen atoms in total. The molecule has 0 aromatic heterocycles. The monoisotopic (exact) mass is 345 g/mol. The van der Waals surface area contributed by atoms with E-state index in [1.807, 2.05) is 19.9 Å². The highest BCUT2D eigenvalue weighted by Gasteiger charge is 2.21. The fraction of sp³-hybridized carbons (Fsp3) is 0.500. The van der Waals surface area contributed by atoms with Crippen LogP contribution in [0, 0.1) is 5.92 Å². The van der Waals surface area contributed by atoms with Crippen LogP contribution in [0.1, 0.15) is 19.4 Å². The molecule has 1 rings (SSSR count). The third-order valence-electron chi connectivity index (χ3n) is 3.00. The summed E-state index contributed by atoms with van der Waals surface area (Å²) in [5, 5.41) is 12.2. The summed E-state index contributed by atoms with van der Waals surface area (Å²) in [6, 6.07) is 3.05. The van der Waals surface area contributed by atoms with Crippen molar-refractivity contribution in [2.45, 2.75) is 26.4 Å². The number of nitrogens with one attached hydrogen (secondary N) is 1. The van der Waals surface area contributed by atoms with Gasteiger partial charge in [0, 0.05) is 11.0 Å². The van der Waals surface area contributed by atoms with Gasteiger partial charge in [-0.2, -0.15) is 0 Å². The molecule has 0 aliphatic rings. The highest BCUT2D eigenvalue weighted by atomic mass is 79.9. The van der Waals surface area contributed by atoms with Crippen LogP contribution in [-0.2, 0) is 11.3 Å². The molecule has 0 fully saturated rings. The fourth-order valence-electron chi connectivity index (χ4n) is 1.86. The van der Waals surface area contributed by atoms with Crippen LogP contribution in [0.4, 0.5) is 0 Å². The van der Waals surface area contributed by atoms with E-state index in [4.69, 9.17) is 14.6 Å². The van der Waals surface area contributed by atoms with Crippen molar-refractivity contribution in [2.75, 3.05) is 14.2 Å². The van der Waals surface area contributed by atoms with Crippen LogP contribution < -0.4 is 14.8 Å². The number of benzene rings is 1. The van der Waals surface area contributed by atoms with Gasteiger partial charge < -0.3 is 19.9 Å². The number of hydrogen-bond donors (Lipinski definition) is 2. The summed E-state index contributed by atoms with van der Waals surface area (Å²) in [4.78, 5) is 11.2. The molecule has 20 heavy (non-hydrogen) atoms. The Morgan fingerprint density at radius 2 is 1.85 bits per heavy atom. The molecule has 0 radical (unpaired) electrons. The third kappa shape index (κ3) is 4.11. The smallest absolute Gasteiger partial charge is 0.320 e. The quantitative estimate of drug-likeness (QED) is 0.795. The van der Waals surface area contributed by atoms with Crippen LogP contribution in [0.2, 0.25) is 0 Å². The van der Waals surface area contributed by atoms with Gasteiger partial charge in [-0.3, -0.25) is 4.79 Å². The third-order valence-corrected chi connectivity index (χ3v) is 3.74. The molecule has 112 valence electrons. The van der Waals surface area contributed by atoms with Gasteiger partial charge in [-0.1, -0.05) is 29.8 Å². The molecule has 0 aliphatic carbocycles. The Hall–Kier alpha value is -1.27. The first-order valence-electron chi connectivity index (χ1n) is 6.27. The SMILES string of the molecule is COc1cc(Br)c(CN[C@@H](C(=O)O)C(C)C)cc1OC. The van der Waals surface area contributed by atoms with Crippen molar-refractivity contribution < 1.29 is 19.4 Å². The minimum Gasteiger partial charge on any atom is -0.493 e. The van der Waals surface area contributed by atoms with E-state index in [2.05, 4.69) is 21.2 Å². The number of halogens is 1. The lowest BCUT2D eigenvalue weighted by molar-refractivity contribution is -0.140. The minimum absolute atomic E-state index is 0.00594. The molecule has 1 aromatic rings. The summed E-state index contributed by atoms with van der Waals surface area (Å²) >= 11 is 3.45. The standard InChI is InChI=1S/C14H20BrNO4/c1-8(2)13(14(17)18)16-7-9-5-11(19-3)12(20-4)6-10(9)15/h5-6,8,13,16H,7H2,1-4H3,(H,17,18)/t13-/m1/s1. The molecular formula is C14H20BrNO4. The summed E-state index contributed by atoms with van der Waals surface area (Å²) in [6.07, 6.45) is 0. The van der Waals surface area contributed by atoms with Gasteiger partial charge in [0.25, 0.3) is 0 Å². The van der Waals surface area contributed by atoms with E-state index in [1.165, 1.54) is 0 Å². The Morgan fingerprint density at radius 3 is 2.30 bits per heavy atom. The van der Waals surface area contributed by atoms with Crippen molar-refractivity contribution >= 4 is 21.9 Å². The Labute approximate surface area is 127 Å². The second-order valence-corrected chi connectivity index (χ2v) is 5.59. The van der Waals surface area contributed by atoms with Crippen LogP contribution >= 0.6 is 15.9 Å².